The summed E-state index contributed by atoms with van der Waals surface area (Å²) in [7, 11) is 1.92. The van der Waals surface area contributed by atoms with Gasteiger partial charge in [-0.1, -0.05) is 12.1 Å². The Morgan fingerprint density at radius 1 is 1.54 bits per heavy atom. The molecule has 0 aliphatic heterocycles. The standard InChI is InChI=1S/C9H8BrClN2/c1-13-9-6(8(5-11)12-13)3-2-4-7(9)10/h2-4H,5H2,1H3. The molecule has 1 aromatic carbocycles. The van der Waals surface area contributed by atoms with Crippen LogP contribution in [0, 0.1) is 0 Å². The fourth-order valence-electron chi connectivity index (χ4n) is 1.46. The number of hydrogen-bond acceptors (Lipinski definition) is 1. The third kappa shape index (κ3) is 1.36. The Hall–Kier alpha value is -0.540. The molecule has 0 N–H and O–H groups in total. The molecule has 0 amide bonds. The molecular weight excluding hydrogens is 251 g/mol. The second-order valence-electron chi connectivity index (χ2n) is 2.84. The zero-order valence-corrected chi connectivity index (χ0v) is 9.43. The maximum Gasteiger partial charge on any atom is 0.0851 e. The molecule has 2 aromatic rings. The summed E-state index contributed by atoms with van der Waals surface area (Å²) < 4.78 is 2.90. The summed E-state index contributed by atoms with van der Waals surface area (Å²) in [6.45, 7) is 0. The van der Waals surface area contributed by atoms with Gasteiger partial charge in [0.15, 0.2) is 0 Å². The van der Waals surface area contributed by atoms with E-state index in [4.69, 9.17) is 11.6 Å². The largest absolute Gasteiger partial charge is 0.266 e. The third-order valence-corrected chi connectivity index (χ3v) is 2.91. The Morgan fingerprint density at radius 2 is 2.31 bits per heavy atom. The molecule has 1 aromatic heterocycles. The van der Waals surface area contributed by atoms with Crippen LogP contribution in [0.25, 0.3) is 10.9 Å². The number of nitrogens with zero attached hydrogens (tertiary/aromatic N) is 2. The Kier molecular flexibility index (Phi) is 2.30. The topological polar surface area (TPSA) is 17.8 Å². The van der Waals surface area contributed by atoms with E-state index in [1.54, 1.807) is 0 Å². The van der Waals surface area contributed by atoms with Crippen molar-refractivity contribution in [3.8, 4) is 0 Å². The molecule has 0 unspecified atom stereocenters. The van der Waals surface area contributed by atoms with Crippen molar-refractivity contribution in [2.45, 2.75) is 5.88 Å². The second-order valence-corrected chi connectivity index (χ2v) is 3.96. The minimum Gasteiger partial charge on any atom is -0.266 e. The highest BCUT2D eigenvalue weighted by atomic mass is 79.9. The Balaban J connectivity index is 2.87. The number of benzene rings is 1. The number of para-hydroxylation sites is 1. The van der Waals surface area contributed by atoms with Gasteiger partial charge in [-0.15, -0.1) is 11.6 Å². The first-order chi connectivity index (χ1) is 6.24. The van der Waals surface area contributed by atoms with E-state index in [0.29, 0.717) is 5.88 Å². The van der Waals surface area contributed by atoms with E-state index in [1.165, 1.54) is 0 Å². The van der Waals surface area contributed by atoms with E-state index in [-0.39, 0.29) is 0 Å². The number of aromatic nitrogens is 2. The van der Waals surface area contributed by atoms with Crippen LogP contribution in [0.5, 0.6) is 0 Å². The lowest BCUT2D eigenvalue weighted by Gasteiger charge is -1.95. The molecule has 68 valence electrons. The summed E-state index contributed by atoms with van der Waals surface area (Å²) in [4.78, 5) is 0. The van der Waals surface area contributed by atoms with E-state index in [1.807, 2.05) is 29.9 Å². The summed E-state index contributed by atoms with van der Waals surface area (Å²) in [6, 6.07) is 6.02. The molecule has 13 heavy (non-hydrogen) atoms. The van der Waals surface area contributed by atoms with Crippen molar-refractivity contribution in [1.82, 2.24) is 9.78 Å². The van der Waals surface area contributed by atoms with Crippen molar-refractivity contribution in [3.05, 3.63) is 28.4 Å². The van der Waals surface area contributed by atoms with Crippen LogP contribution in [0.4, 0.5) is 0 Å². The molecule has 2 nitrogen and oxygen atoms in total. The van der Waals surface area contributed by atoms with Crippen molar-refractivity contribution >= 4 is 38.4 Å². The van der Waals surface area contributed by atoms with Crippen molar-refractivity contribution < 1.29 is 0 Å². The van der Waals surface area contributed by atoms with Gasteiger partial charge in [-0.3, -0.25) is 4.68 Å². The molecule has 0 aliphatic carbocycles. The first-order valence-corrected chi connectivity index (χ1v) is 5.23. The van der Waals surface area contributed by atoms with Crippen LogP contribution in [0.2, 0.25) is 0 Å². The molecule has 4 heteroatoms. The van der Waals surface area contributed by atoms with Gasteiger partial charge in [0.25, 0.3) is 0 Å². The number of halogens is 2. The minimum atomic E-state index is 0.452. The first kappa shape index (κ1) is 9.03. The molecule has 0 radical (unpaired) electrons. The third-order valence-electron chi connectivity index (χ3n) is 2.02. The van der Waals surface area contributed by atoms with Gasteiger partial charge in [0.2, 0.25) is 0 Å². The zero-order chi connectivity index (χ0) is 9.42. The average molecular weight is 260 g/mol. The highest BCUT2D eigenvalue weighted by Crippen LogP contribution is 2.26. The lowest BCUT2D eigenvalue weighted by molar-refractivity contribution is 0.779. The maximum absolute atomic E-state index is 5.78. The molecule has 0 spiro atoms. The summed E-state index contributed by atoms with van der Waals surface area (Å²) in [6.07, 6.45) is 0. The van der Waals surface area contributed by atoms with Gasteiger partial charge in [0.1, 0.15) is 0 Å². The van der Waals surface area contributed by atoms with Gasteiger partial charge in [0.05, 0.1) is 17.1 Å². The molecule has 0 saturated carbocycles. The van der Waals surface area contributed by atoms with Crippen LogP contribution in [0.1, 0.15) is 5.69 Å². The van der Waals surface area contributed by atoms with Crippen molar-refractivity contribution in [2.75, 3.05) is 0 Å². The number of rotatable bonds is 1. The van der Waals surface area contributed by atoms with Crippen LogP contribution >= 0.6 is 27.5 Å². The number of alkyl halides is 1. The van der Waals surface area contributed by atoms with Crippen LogP contribution < -0.4 is 0 Å². The number of aryl methyl sites for hydroxylation is 1. The van der Waals surface area contributed by atoms with Crippen LogP contribution in [-0.4, -0.2) is 9.78 Å². The van der Waals surface area contributed by atoms with Gasteiger partial charge in [0, 0.05) is 16.9 Å². The van der Waals surface area contributed by atoms with Crippen molar-refractivity contribution in [1.29, 1.82) is 0 Å². The van der Waals surface area contributed by atoms with E-state index in [9.17, 15) is 0 Å². The van der Waals surface area contributed by atoms with Gasteiger partial charge >= 0.3 is 0 Å². The Morgan fingerprint density at radius 3 is 3.00 bits per heavy atom. The normalized spacial score (nSPS) is 11.0. The average Bonchev–Trinajstić information content (AvgIpc) is 2.44. The predicted molar refractivity (Wildman–Crippen MR) is 58.0 cm³/mol. The zero-order valence-electron chi connectivity index (χ0n) is 7.09. The maximum atomic E-state index is 5.78. The molecule has 0 bridgehead atoms. The SMILES string of the molecule is Cn1nc(CCl)c2cccc(Br)c21. The first-order valence-electron chi connectivity index (χ1n) is 3.90. The highest BCUT2D eigenvalue weighted by molar-refractivity contribution is 9.10. The lowest BCUT2D eigenvalue weighted by atomic mass is 10.2. The van der Waals surface area contributed by atoms with Gasteiger partial charge in [-0.25, -0.2) is 0 Å². The monoisotopic (exact) mass is 258 g/mol. The van der Waals surface area contributed by atoms with Gasteiger partial charge < -0.3 is 0 Å². The van der Waals surface area contributed by atoms with Crippen LogP contribution in [0.3, 0.4) is 0 Å². The lowest BCUT2D eigenvalue weighted by Crippen LogP contribution is -1.90. The Labute approximate surface area is 89.6 Å². The number of fused-ring (bicyclic) bond motifs is 1. The van der Waals surface area contributed by atoms with Crippen LogP contribution in [-0.2, 0) is 12.9 Å². The summed E-state index contributed by atoms with van der Waals surface area (Å²) in [5.41, 5.74) is 2.03. The molecule has 0 atom stereocenters. The fraction of sp³-hybridized carbons (Fsp3) is 0.222. The molecule has 0 aliphatic rings. The number of hydrogen-bond donors (Lipinski definition) is 0. The molecular formula is C9H8BrClN2. The van der Waals surface area contributed by atoms with Gasteiger partial charge in [-0.05, 0) is 22.0 Å². The summed E-state index contributed by atoms with van der Waals surface area (Å²) >= 11 is 9.27. The molecule has 2 rings (SSSR count). The molecule has 1 heterocycles. The second kappa shape index (κ2) is 3.31. The summed E-state index contributed by atoms with van der Waals surface area (Å²) in [5.74, 6) is 0.452. The quantitative estimate of drug-likeness (QED) is 0.720. The van der Waals surface area contributed by atoms with E-state index in [2.05, 4.69) is 21.0 Å². The van der Waals surface area contributed by atoms with Crippen molar-refractivity contribution in [2.24, 2.45) is 7.05 Å². The van der Waals surface area contributed by atoms with Gasteiger partial charge in [-0.2, -0.15) is 5.10 Å². The van der Waals surface area contributed by atoms with Crippen molar-refractivity contribution in [3.63, 3.8) is 0 Å². The predicted octanol–water partition coefficient (Wildman–Crippen LogP) is 3.07. The fourth-order valence-corrected chi connectivity index (χ4v) is 2.28. The highest BCUT2D eigenvalue weighted by Gasteiger charge is 2.08. The Bertz CT molecular complexity index is 450. The minimum absolute atomic E-state index is 0.452. The summed E-state index contributed by atoms with van der Waals surface area (Å²) in [5, 5.41) is 5.44. The smallest absolute Gasteiger partial charge is 0.0851 e. The van der Waals surface area contributed by atoms with E-state index < -0.39 is 0 Å². The van der Waals surface area contributed by atoms with Crippen LogP contribution in [0.15, 0.2) is 22.7 Å². The van der Waals surface area contributed by atoms with E-state index in [0.717, 1.165) is 21.1 Å². The van der Waals surface area contributed by atoms with E-state index >= 15 is 0 Å². The molecule has 0 saturated heterocycles. The molecule has 0 fully saturated rings.